The lowest BCUT2D eigenvalue weighted by Crippen LogP contribution is -2.42. The molecule has 1 fully saturated rings. The molecule has 2 aliphatic rings. The molecule has 29 heavy (non-hydrogen) atoms. The van der Waals surface area contributed by atoms with E-state index in [1.165, 1.54) is 11.1 Å². The van der Waals surface area contributed by atoms with E-state index in [0.29, 0.717) is 11.8 Å². The van der Waals surface area contributed by atoms with Crippen molar-refractivity contribution in [3.8, 4) is 0 Å². The van der Waals surface area contributed by atoms with E-state index in [0.717, 1.165) is 62.5 Å². The number of carbonyl (C=O) groups is 1. The van der Waals surface area contributed by atoms with Crippen LogP contribution in [0.3, 0.4) is 0 Å². The summed E-state index contributed by atoms with van der Waals surface area (Å²) in [4.78, 5) is 24.2. The van der Waals surface area contributed by atoms with E-state index >= 15 is 0 Å². The fourth-order valence-electron chi connectivity index (χ4n) is 4.43. The predicted octanol–water partition coefficient (Wildman–Crippen LogP) is 5.06. The molecule has 0 radical (unpaired) electrons. The summed E-state index contributed by atoms with van der Waals surface area (Å²) in [7, 11) is 0. The van der Waals surface area contributed by atoms with E-state index in [2.05, 4.69) is 35.1 Å². The van der Waals surface area contributed by atoms with Crippen LogP contribution in [-0.4, -0.2) is 33.9 Å². The zero-order chi connectivity index (χ0) is 20.2. The van der Waals surface area contributed by atoms with Crippen LogP contribution >= 0.6 is 0 Å². The lowest BCUT2D eigenvalue weighted by Gasteiger charge is -2.35. The third-order valence-electron chi connectivity index (χ3n) is 6.41. The quantitative estimate of drug-likeness (QED) is 0.741. The summed E-state index contributed by atoms with van der Waals surface area (Å²) in [5, 5.41) is 3.27. The first-order valence-electron chi connectivity index (χ1n) is 10.7. The Kier molecular flexibility index (Phi) is 5.93. The molecule has 0 saturated carbocycles. The normalized spacial score (nSPS) is 20.6. The first-order chi connectivity index (χ1) is 14.1. The van der Waals surface area contributed by atoms with Gasteiger partial charge in [0.1, 0.15) is 11.6 Å². The molecule has 5 heteroatoms. The second-order valence-electron chi connectivity index (χ2n) is 8.39. The van der Waals surface area contributed by atoms with Crippen molar-refractivity contribution in [1.82, 2.24) is 14.9 Å². The third kappa shape index (κ3) is 4.66. The smallest absolute Gasteiger partial charge is 0.226 e. The Hall–Kier alpha value is -2.69. The van der Waals surface area contributed by atoms with Crippen LogP contribution in [0.1, 0.15) is 57.6 Å². The Balaban J connectivity index is 1.35. The average Bonchev–Trinajstić information content (AvgIpc) is 2.76. The van der Waals surface area contributed by atoms with Gasteiger partial charge in [0.2, 0.25) is 5.91 Å². The number of pyridine rings is 2. The molecule has 0 spiro atoms. The van der Waals surface area contributed by atoms with Gasteiger partial charge >= 0.3 is 0 Å². The maximum Gasteiger partial charge on any atom is 0.226 e. The molecule has 152 valence electrons. The summed E-state index contributed by atoms with van der Waals surface area (Å²) in [6, 6.07) is 11.9. The third-order valence-corrected chi connectivity index (χ3v) is 6.41. The van der Waals surface area contributed by atoms with Gasteiger partial charge in [0.05, 0.1) is 0 Å². The van der Waals surface area contributed by atoms with E-state index in [1.807, 2.05) is 30.3 Å². The summed E-state index contributed by atoms with van der Waals surface area (Å²) in [5.41, 5.74) is 3.98. The number of hydrogen-bond acceptors (Lipinski definition) is 4. The maximum atomic E-state index is 13.0. The van der Waals surface area contributed by atoms with Crippen molar-refractivity contribution in [2.24, 2.45) is 5.92 Å². The number of aromatic nitrogens is 2. The van der Waals surface area contributed by atoms with E-state index in [9.17, 15) is 4.79 Å². The number of nitrogens with one attached hydrogen (secondary N) is 1. The number of nitrogens with zero attached hydrogens (tertiary/aromatic N) is 3. The van der Waals surface area contributed by atoms with Crippen molar-refractivity contribution >= 4 is 17.5 Å². The minimum atomic E-state index is 0.180. The van der Waals surface area contributed by atoms with Crippen LogP contribution in [0.25, 0.3) is 0 Å². The predicted molar refractivity (Wildman–Crippen MR) is 116 cm³/mol. The Bertz CT molecular complexity index is 885. The van der Waals surface area contributed by atoms with Crippen molar-refractivity contribution in [2.45, 2.75) is 51.9 Å². The maximum absolute atomic E-state index is 13.0. The van der Waals surface area contributed by atoms with Crippen LogP contribution in [0.2, 0.25) is 0 Å². The van der Waals surface area contributed by atoms with E-state index in [4.69, 9.17) is 4.98 Å². The minimum Gasteiger partial charge on any atom is -0.342 e. The van der Waals surface area contributed by atoms with Crippen LogP contribution in [0, 0.1) is 5.92 Å². The number of anilines is 2. The molecule has 3 heterocycles. The number of allylic oxidation sites excluding steroid dienone is 2. The molecule has 1 saturated heterocycles. The van der Waals surface area contributed by atoms with Crippen molar-refractivity contribution in [1.29, 1.82) is 0 Å². The van der Waals surface area contributed by atoms with Crippen molar-refractivity contribution in [2.75, 3.05) is 18.4 Å². The van der Waals surface area contributed by atoms with Crippen LogP contribution in [-0.2, 0) is 4.79 Å². The van der Waals surface area contributed by atoms with Gasteiger partial charge in [-0.05, 0) is 70.2 Å². The molecule has 1 aliphatic carbocycles. The monoisotopic (exact) mass is 390 g/mol. The zero-order valence-electron chi connectivity index (χ0n) is 17.4. The highest BCUT2D eigenvalue weighted by Crippen LogP contribution is 2.33. The lowest BCUT2D eigenvalue weighted by atomic mass is 9.83. The molecule has 0 bridgehead atoms. The zero-order valence-corrected chi connectivity index (χ0v) is 17.4. The summed E-state index contributed by atoms with van der Waals surface area (Å²) < 4.78 is 0. The van der Waals surface area contributed by atoms with E-state index in [1.54, 1.807) is 6.20 Å². The molecule has 0 aromatic carbocycles. The van der Waals surface area contributed by atoms with Crippen molar-refractivity contribution < 1.29 is 4.79 Å². The van der Waals surface area contributed by atoms with Gasteiger partial charge in [-0.15, -0.1) is 0 Å². The highest BCUT2D eigenvalue weighted by atomic mass is 16.2. The topological polar surface area (TPSA) is 58.1 Å². The largest absolute Gasteiger partial charge is 0.342 e. The molecule has 2 aromatic heterocycles. The standard InChI is InChI=1S/C24H30N4O/c1-17-9-10-20(16-18(17)2)24(29)28-14-11-19(12-15-28)21-6-5-8-23(26-21)27-22-7-3-4-13-25-22/h3-8,13,19-20H,9-12,14-16H2,1-2H3,(H,25,26,27)/t20-/m1/s1. The highest BCUT2D eigenvalue weighted by molar-refractivity contribution is 5.79. The van der Waals surface area contributed by atoms with Crippen molar-refractivity contribution in [3.05, 3.63) is 59.4 Å². The van der Waals surface area contributed by atoms with Gasteiger partial charge in [-0.25, -0.2) is 9.97 Å². The van der Waals surface area contributed by atoms with E-state index < -0.39 is 0 Å². The van der Waals surface area contributed by atoms with Crippen LogP contribution in [0.15, 0.2) is 53.7 Å². The second kappa shape index (κ2) is 8.76. The molecular weight excluding hydrogens is 360 g/mol. The molecule has 1 amide bonds. The number of likely N-dealkylation sites (tertiary alicyclic amines) is 1. The fraction of sp³-hybridized carbons (Fsp3) is 0.458. The summed E-state index contributed by atoms with van der Waals surface area (Å²) in [6.07, 6.45) is 6.74. The Morgan fingerprint density at radius 1 is 1.00 bits per heavy atom. The van der Waals surface area contributed by atoms with Crippen LogP contribution < -0.4 is 5.32 Å². The molecule has 1 aliphatic heterocycles. The summed E-state index contributed by atoms with van der Waals surface area (Å²) in [6.45, 7) is 6.05. The van der Waals surface area contributed by atoms with Crippen molar-refractivity contribution in [3.63, 3.8) is 0 Å². The lowest BCUT2D eigenvalue weighted by molar-refractivity contribution is -0.137. The first kappa shape index (κ1) is 19.6. The molecule has 1 atom stereocenters. The first-order valence-corrected chi connectivity index (χ1v) is 10.7. The van der Waals surface area contributed by atoms with Gasteiger partial charge in [-0.2, -0.15) is 0 Å². The van der Waals surface area contributed by atoms with Gasteiger partial charge in [-0.3, -0.25) is 4.79 Å². The Morgan fingerprint density at radius 3 is 2.52 bits per heavy atom. The van der Waals surface area contributed by atoms with Crippen LogP contribution in [0.4, 0.5) is 11.6 Å². The van der Waals surface area contributed by atoms with Gasteiger partial charge in [0, 0.05) is 36.8 Å². The number of piperidine rings is 1. The SMILES string of the molecule is CC1=C(C)C[C@H](C(=O)N2CCC(c3cccc(Nc4ccccn4)n3)CC2)CC1. The number of rotatable bonds is 4. The fourth-order valence-corrected chi connectivity index (χ4v) is 4.43. The van der Waals surface area contributed by atoms with Crippen LogP contribution in [0.5, 0.6) is 0 Å². The number of hydrogen-bond donors (Lipinski definition) is 1. The van der Waals surface area contributed by atoms with Gasteiger partial charge in [0.15, 0.2) is 0 Å². The number of carbonyl (C=O) groups excluding carboxylic acids is 1. The second-order valence-corrected chi connectivity index (χ2v) is 8.39. The molecule has 0 unspecified atom stereocenters. The molecular formula is C24H30N4O. The molecule has 2 aromatic rings. The Labute approximate surface area is 173 Å². The van der Waals surface area contributed by atoms with Gasteiger partial charge < -0.3 is 10.2 Å². The molecule has 5 nitrogen and oxygen atoms in total. The highest BCUT2D eigenvalue weighted by Gasteiger charge is 2.30. The van der Waals surface area contributed by atoms with Gasteiger partial charge in [0.25, 0.3) is 0 Å². The summed E-state index contributed by atoms with van der Waals surface area (Å²) in [5.74, 6) is 2.55. The molecule has 4 rings (SSSR count). The average molecular weight is 391 g/mol. The number of amides is 1. The minimum absolute atomic E-state index is 0.180. The summed E-state index contributed by atoms with van der Waals surface area (Å²) >= 11 is 0. The van der Waals surface area contributed by atoms with E-state index in [-0.39, 0.29) is 5.92 Å². The Morgan fingerprint density at radius 2 is 1.79 bits per heavy atom. The molecule has 1 N–H and O–H groups in total. The van der Waals surface area contributed by atoms with Gasteiger partial charge in [-0.1, -0.05) is 23.3 Å².